The number of aliphatic hydroxyl groups is 2. The average Bonchev–Trinajstić information content (AvgIpc) is 3.16. The van der Waals surface area contributed by atoms with Gasteiger partial charge in [0.2, 0.25) is 0 Å². The van der Waals surface area contributed by atoms with E-state index in [1.54, 1.807) is 42.5 Å². The Kier molecular flexibility index (Phi) is 4.06. The Labute approximate surface area is 185 Å². The number of likely N-dealkylation sites (N-methyl/N-ethyl adjacent to an activating group) is 1. The van der Waals surface area contributed by atoms with Gasteiger partial charge in [0, 0.05) is 18.0 Å². The Hall–Kier alpha value is -2.87. The smallest absolute Gasteiger partial charge is 0.344 e. The molecular formula is C25H25NO6. The number of phenols is 1. The van der Waals surface area contributed by atoms with E-state index in [0.717, 1.165) is 17.7 Å². The van der Waals surface area contributed by atoms with Crippen molar-refractivity contribution < 1.29 is 29.6 Å². The summed E-state index contributed by atoms with van der Waals surface area (Å²) < 4.78 is 12.0. The third kappa shape index (κ3) is 2.33. The number of rotatable bonds is 3. The fourth-order valence-electron chi connectivity index (χ4n) is 6.38. The van der Waals surface area contributed by atoms with Crippen LogP contribution < -0.4 is 4.74 Å². The molecule has 5 atom stereocenters. The second-order valence-electron chi connectivity index (χ2n) is 9.34. The summed E-state index contributed by atoms with van der Waals surface area (Å²) in [6, 6.07) is 12.0. The second kappa shape index (κ2) is 6.57. The number of hydrogen-bond donors (Lipinski definition) is 3. The van der Waals surface area contributed by atoms with Gasteiger partial charge < -0.3 is 29.7 Å². The van der Waals surface area contributed by atoms with Crippen LogP contribution in [0.3, 0.4) is 0 Å². The number of likely N-dealkylation sites (tertiary alicyclic amines) is 1. The van der Waals surface area contributed by atoms with Gasteiger partial charge in [-0.3, -0.25) is 0 Å². The van der Waals surface area contributed by atoms with Crippen LogP contribution in [0.2, 0.25) is 0 Å². The molecule has 1 saturated heterocycles. The molecule has 7 nitrogen and oxygen atoms in total. The summed E-state index contributed by atoms with van der Waals surface area (Å²) in [7, 11) is 2.02. The Morgan fingerprint density at radius 3 is 2.81 bits per heavy atom. The fraction of sp³-hybridized carbons (Fsp3) is 0.400. The van der Waals surface area contributed by atoms with Gasteiger partial charge in [0.05, 0.1) is 11.0 Å². The van der Waals surface area contributed by atoms with Gasteiger partial charge in [-0.2, -0.15) is 0 Å². The highest BCUT2D eigenvalue weighted by Gasteiger charge is 2.72. The van der Waals surface area contributed by atoms with Gasteiger partial charge in [-0.15, -0.1) is 0 Å². The molecule has 1 spiro atoms. The van der Waals surface area contributed by atoms with E-state index < -0.39 is 29.2 Å². The van der Waals surface area contributed by atoms with Gasteiger partial charge in [0.1, 0.15) is 5.76 Å². The highest BCUT2D eigenvalue weighted by Crippen LogP contribution is 2.65. The van der Waals surface area contributed by atoms with Crippen molar-refractivity contribution >= 4 is 5.97 Å². The standard InChI is InChI=1S/C25H25NO6/c1-26-12-11-24-19-15-7-8-16(27)21(19)32-22(24)17(9-10-25(24,30)18(26)13-15)31-23(29)20(28)14-5-3-2-4-6-14/h2-9,18,20,22,27-28,30H,10-13H2,1H3/t18-,20+,22+,24?,25-/m1/s1. The minimum Gasteiger partial charge on any atom is -0.504 e. The summed E-state index contributed by atoms with van der Waals surface area (Å²) in [5.41, 5.74) is 0.368. The molecule has 2 aliphatic carbocycles. The van der Waals surface area contributed by atoms with Crippen LogP contribution in [0.15, 0.2) is 54.3 Å². The molecule has 2 aromatic carbocycles. The topological polar surface area (TPSA) is 99.5 Å². The van der Waals surface area contributed by atoms with Crippen molar-refractivity contribution in [2.45, 2.75) is 48.5 Å². The summed E-state index contributed by atoms with van der Waals surface area (Å²) in [6.45, 7) is 0.745. The molecular weight excluding hydrogens is 410 g/mol. The summed E-state index contributed by atoms with van der Waals surface area (Å²) in [6.07, 6.45) is 1.06. The molecule has 2 aliphatic heterocycles. The third-order valence-corrected chi connectivity index (χ3v) is 7.91. The number of carbonyl (C=O) groups is 1. The first-order chi connectivity index (χ1) is 15.4. The first kappa shape index (κ1) is 19.8. The van der Waals surface area contributed by atoms with Crippen molar-refractivity contribution in [1.29, 1.82) is 0 Å². The lowest BCUT2D eigenvalue weighted by atomic mass is 9.50. The molecule has 166 valence electrons. The Balaban J connectivity index is 1.43. The quantitative estimate of drug-likeness (QED) is 0.634. The molecule has 1 fully saturated rings. The highest BCUT2D eigenvalue weighted by molar-refractivity contribution is 5.77. The van der Waals surface area contributed by atoms with Gasteiger partial charge in [-0.25, -0.2) is 4.79 Å². The number of benzene rings is 2. The molecule has 2 heterocycles. The van der Waals surface area contributed by atoms with Crippen LogP contribution in [-0.4, -0.2) is 57.5 Å². The third-order valence-electron chi connectivity index (χ3n) is 7.91. The van der Waals surface area contributed by atoms with Crippen LogP contribution in [0, 0.1) is 0 Å². The second-order valence-corrected chi connectivity index (χ2v) is 9.34. The van der Waals surface area contributed by atoms with Crippen molar-refractivity contribution in [3.63, 3.8) is 0 Å². The maximum atomic E-state index is 12.8. The lowest BCUT2D eigenvalue weighted by Crippen LogP contribution is -2.74. The maximum absolute atomic E-state index is 12.8. The molecule has 32 heavy (non-hydrogen) atoms. The molecule has 2 bridgehead atoms. The van der Waals surface area contributed by atoms with Gasteiger partial charge in [0.15, 0.2) is 23.7 Å². The van der Waals surface area contributed by atoms with Crippen LogP contribution in [-0.2, 0) is 21.4 Å². The zero-order chi connectivity index (χ0) is 22.3. The number of hydrogen-bond acceptors (Lipinski definition) is 7. The minimum atomic E-state index is -1.43. The average molecular weight is 435 g/mol. The van der Waals surface area contributed by atoms with E-state index in [1.807, 2.05) is 13.1 Å². The first-order valence-corrected chi connectivity index (χ1v) is 11.0. The number of carbonyl (C=O) groups excluding carboxylic acids is 1. The van der Waals surface area contributed by atoms with Crippen molar-refractivity contribution in [2.75, 3.05) is 13.6 Å². The predicted molar refractivity (Wildman–Crippen MR) is 114 cm³/mol. The van der Waals surface area contributed by atoms with Gasteiger partial charge in [-0.1, -0.05) is 36.4 Å². The molecule has 4 aliphatic rings. The summed E-state index contributed by atoms with van der Waals surface area (Å²) >= 11 is 0. The number of phenolic OH excluding ortho intramolecular Hbond substituents is 1. The Morgan fingerprint density at radius 2 is 2.03 bits per heavy atom. The predicted octanol–water partition coefficient (Wildman–Crippen LogP) is 1.95. The van der Waals surface area contributed by atoms with Crippen molar-refractivity contribution in [3.05, 3.63) is 71.0 Å². The monoisotopic (exact) mass is 435 g/mol. The summed E-state index contributed by atoms with van der Waals surface area (Å²) in [5, 5.41) is 33.1. The Bertz CT molecular complexity index is 1150. The van der Waals surface area contributed by atoms with E-state index in [2.05, 4.69) is 4.90 Å². The number of esters is 1. The molecule has 1 unspecified atom stereocenters. The zero-order valence-corrected chi connectivity index (χ0v) is 17.7. The van der Waals surface area contributed by atoms with E-state index in [9.17, 15) is 20.1 Å². The SMILES string of the molecule is CN1CCC23c4c5ccc(O)c4O[C@H]2C(OC(=O)[C@@H](O)c2ccccc2)=CC[C@@]3(O)[C@H]1C5. The van der Waals surface area contributed by atoms with Gasteiger partial charge >= 0.3 is 5.97 Å². The van der Waals surface area contributed by atoms with Crippen molar-refractivity contribution in [2.24, 2.45) is 0 Å². The molecule has 0 aromatic heterocycles. The molecule has 0 saturated carbocycles. The molecule has 3 N–H and O–H groups in total. The fourth-order valence-corrected chi connectivity index (χ4v) is 6.38. The van der Waals surface area contributed by atoms with Crippen LogP contribution in [0.1, 0.15) is 35.6 Å². The Morgan fingerprint density at radius 1 is 1.25 bits per heavy atom. The van der Waals surface area contributed by atoms with Crippen molar-refractivity contribution in [1.82, 2.24) is 4.90 Å². The molecule has 0 amide bonds. The first-order valence-electron chi connectivity index (χ1n) is 11.0. The van der Waals surface area contributed by atoms with E-state index >= 15 is 0 Å². The van der Waals surface area contributed by atoms with Crippen LogP contribution in [0.25, 0.3) is 0 Å². The maximum Gasteiger partial charge on any atom is 0.344 e. The van der Waals surface area contributed by atoms with Gasteiger partial charge in [-0.05, 0) is 49.7 Å². The van der Waals surface area contributed by atoms with E-state index in [4.69, 9.17) is 9.47 Å². The lowest BCUT2D eigenvalue weighted by Gasteiger charge is -2.61. The highest BCUT2D eigenvalue weighted by atomic mass is 16.6. The van der Waals surface area contributed by atoms with Crippen LogP contribution in [0.4, 0.5) is 0 Å². The van der Waals surface area contributed by atoms with E-state index in [0.29, 0.717) is 30.6 Å². The largest absolute Gasteiger partial charge is 0.504 e. The van der Waals surface area contributed by atoms with E-state index in [-0.39, 0.29) is 17.6 Å². The molecule has 2 aromatic rings. The number of aromatic hydroxyl groups is 1. The number of nitrogens with zero attached hydrogens (tertiary/aromatic N) is 1. The molecule has 0 radical (unpaired) electrons. The zero-order valence-electron chi connectivity index (χ0n) is 17.7. The van der Waals surface area contributed by atoms with E-state index in [1.165, 1.54) is 0 Å². The van der Waals surface area contributed by atoms with Gasteiger partial charge in [0.25, 0.3) is 0 Å². The van der Waals surface area contributed by atoms with Crippen LogP contribution in [0.5, 0.6) is 11.5 Å². The number of ether oxygens (including phenoxy) is 2. The number of piperidine rings is 1. The van der Waals surface area contributed by atoms with Crippen LogP contribution >= 0.6 is 0 Å². The minimum absolute atomic E-state index is 0.0160. The van der Waals surface area contributed by atoms with Crippen molar-refractivity contribution in [3.8, 4) is 11.5 Å². The normalized spacial score (nSPS) is 33.0. The molecule has 6 rings (SSSR count). The summed E-state index contributed by atoms with van der Waals surface area (Å²) in [4.78, 5) is 15.0. The summed E-state index contributed by atoms with van der Waals surface area (Å²) in [5.74, 6) is -0.140. The molecule has 7 heteroatoms. The lowest BCUT2D eigenvalue weighted by molar-refractivity contribution is -0.172. The number of aliphatic hydroxyl groups excluding tert-OH is 1.